The van der Waals surface area contributed by atoms with E-state index in [-0.39, 0.29) is 6.54 Å². The van der Waals surface area contributed by atoms with Gasteiger partial charge in [0.15, 0.2) is 0 Å². The molecule has 1 amide bonds. The van der Waals surface area contributed by atoms with Gasteiger partial charge in [-0.1, -0.05) is 0 Å². The van der Waals surface area contributed by atoms with Crippen LogP contribution in [0.2, 0.25) is 0 Å². The summed E-state index contributed by atoms with van der Waals surface area (Å²) in [7, 11) is 0. The maximum Gasteiger partial charge on any atom is 0.317 e. The van der Waals surface area contributed by atoms with Gasteiger partial charge in [-0.05, 0) is 6.42 Å². The monoisotopic (exact) mass is 186 g/mol. The van der Waals surface area contributed by atoms with Gasteiger partial charge in [-0.3, -0.25) is 14.5 Å². The normalized spacial score (nSPS) is 19.5. The Labute approximate surface area is 76.9 Å². The number of aliphatic carboxylic acids is 1. The lowest BCUT2D eigenvalue weighted by Gasteiger charge is -2.17. The molecule has 1 aliphatic heterocycles. The second-order valence-electron chi connectivity index (χ2n) is 3.16. The van der Waals surface area contributed by atoms with Crippen molar-refractivity contribution in [2.24, 2.45) is 0 Å². The minimum Gasteiger partial charge on any atom is -0.480 e. The molecular formula is C8H14N2O3. The zero-order chi connectivity index (χ0) is 9.68. The highest BCUT2D eigenvalue weighted by molar-refractivity contribution is 5.69. The Bertz CT molecular complexity index is 196. The minimum absolute atomic E-state index is 0.0761. The number of hydrogen-bond donors (Lipinski definition) is 1. The van der Waals surface area contributed by atoms with E-state index in [1.165, 1.54) is 0 Å². The molecule has 1 saturated heterocycles. The Kier molecular flexibility index (Phi) is 3.70. The molecule has 0 radical (unpaired) electrons. The van der Waals surface area contributed by atoms with Gasteiger partial charge in [-0.2, -0.15) is 0 Å². The van der Waals surface area contributed by atoms with Crippen LogP contribution < -0.4 is 0 Å². The third-order valence-electron chi connectivity index (χ3n) is 2.13. The van der Waals surface area contributed by atoms with Crippen LogP contribution in [-0.4, -0.2) is 60.0 Å². The first kappa shape index (κ1) is 9.98. The molecule has 0 aromatic carbocycles. The first-order valence-electron chi connectivity index (χ1n) is 4.36. The molecule has 5 heteroatoms. The van der Waals surface area contributed by atoms with Crippen LogP contribution in [0.25, 0.3) is 0 Å². The summed E-state index contributed by atoms with van der Waals surface area (Å²) >= 11 is 0. The van der Waals surface area contributed by atoms with Crippen LogP contribution in [0.1, 0.15) is 6.42 Å². The predicted octanol–water partition coefficient (Wildman–Crippen LogP) is -0.765. The fourth-order valence-electron chi connectivity index (χ4n) is 1.45. The van der Waals surface area contributed by atoms with E-state index in [0.29, 0.717) is 13.1 Å². The first-order valence-corrected chi connectivity index (χ1v) is 4.36. The molecule has 0 unspecified atom stereocenters. The van der Waals surface area contributed by atoms with Crippen LogP contribution in [0.15, 0.2) is 0 Å². The van der Waals surface area contributed by atoms with Gasteiger partial charge < -0.3 is 10.0 Å². The van der Waals surface area contributed by atoms with Crippen molar-refractivity contribution in [2.45, 2.75) is 6.42 Å². The molecule has 0 atom stereocenters. The number of hydrogen-bond acceptors (Lipinski definition) is 3. The zero-order valence-corrected chi connectivity index (χ0v) is 7.48. The lowest BCUT2D eigenvalue weighted by Crippen LogP contribution is -2.33. The van der Waals surface area contributed by atoms with E-state index >= 15 is 0 Å². The van der Waals surface area contributed by atoms with Crippen molar-refractivity contribution in [3.63, 3.8) is 0 Å². The average molecular weight is 186 g/mol. The summed E-state index contributed by atoms with van der Waals surface area (Å²) in [4.78, 5) is 24.4. The molecule has 5 nitrogen and oxygen atoms in total. The van der Waals surface area contributed by atoms with Crippen molar-refractivity contribution < 1.29 is 14.7 Å². The van der Waals surface area contributed by atoms with Crippen LogP contribution in [0.3, 0.4) is 0 Å². The van der Waals surface area contributed by atoms with Crippen molar-refractivity contribution >= 4 is 12.4 Å². The van der Waals surface area contributed by atoms with E-state index in [9.17, 15) is 9.59 Å². The SMILES string of the molecule is O=CN1CCCN(CC(=O)O)CC1. The third kappa shape index (κ3) is 3.42. The molecule has 0 aromatic heterocycles. The Morgan fingerprint density at radius 3 is 2.69 bits per heavy atom. The van der Waals surface area contributed by atoms with E-state index in [1.807, 2.05) is 4.90 Å². The molecule has 0 aromatic rings. The summed E-state index contributed by atoms with van der Waals surface area (Å²) in [6, 6.07) is 0. The van der Waals surface area contributed by atoms with Gasteiger partial charge in [0.1, 0.15) is 0 Å². The van der Waals surface area contributed by atoms with Gasteiger partial charge in [-0.15, -0.1) is 0 Å². The summed E-state index contributed by atoms with van der Waals surface area (Å²) in [6.45, 7) is 2.87. The van der Waals surface area contributed by atoms with Crippen molar-refractivity contribution in [1.82, 2.24) is 9.80 Å². The molecule has 1 aliphatic rings. The van der Waals surface area contributed by atoms with Gasteiger partial charge in [0.2, 0.25) is 6.41 Å². The summed E-state index contributed by atoms with van der Waals surface area (Å²) < 4.78 is 0. The van der Waals surface area contributed by atoms with Crippen LogP contribution in [0.4, 0.5) is 0 Å². The highest BCUT2D eigenvalue weighted by Crippen LogP contribution is 2.00. The highest BCUT2D eigenvalue weighted by atomic mass is 16.4. The maximum atomic E-state index is 10.4. The number of amides is 1. The fraction of sp³-hybridized carbons (Fsp3) is 0.750. The lowest BCUT2D eigenvalue weighted by atomic mass is 10.4. The van der Waals surface area contributed by atoms with Crippen molar-refractivity contribution in [3.05, 3.63) is 0 Å². The summed E-state index contributed by atoms with van der Waals surface area (Å²) in [5, 5.41) is 8.56. The largest absolute Gasteiger partial charge is 0.480 e. The smallest absolute Gasteiger partial charge is 0.317 e. The van der Waals surface area contributed by atoms with Crippen molar-refractivity contribution in [3.8, 4) is 0 Å². The second-order valence-corrected chi connectivity index (χ2v) is 3.16. The molecule has 1 heterocycles. The highest BCUT2D eigenvalue weighted by Gasteiger charge is 2.14. The molecule has 1 rings (SSSR count). The van der Waals surface area contributed by atoms with Crippen LogP contribution in [-0.2, 0) is 9.59 Å². The van der Waals surface area contributed by atoms with Crippen molar-refractivity contribution in [2.75, 3.05) is 32.7 Å². The third-order valence-corrected chi connectivity index (χ3v) is 2.13. The molecule has 0 spiro atoms. The fourth-order valence-corrected chi connectivity index (χ4v) is 1.45. The van der Waals surface area contributed by atoms with Gasteiger partial charge in [0, 0.05) is 26.2 Å². The van der Waals surface area contributed by atoms with E-state index in [1.54, 1.807) is 4.90 Å². The molecule has 0 saturated carbocycles. The molecule has 0 aliphatic carbocycles. The number of nitrogens with zero attached hydrogens (tertiary/aromatic N) is 2. The average Bonchev–Trinajstić information content (AvgIpc) is 2.29. The Hall–Kier alpha value is -1.10. The quantitative estimate of drug-likeness (QED) is 0.588. The molecule has 1 fully saturated rings. The van der Waals surface area contributed by atoms with E-state index in [2.05, 4.69) is 0 Å². The van der Waals surface area contributed by atoms with Crippen LogP contribution >= 0.6 is 0 Å². The van der Waals surface area contributed by atoms with E-state index in [4.69, 9.17) is 5.11 Å². The van der Waals surface area contributed by atoms with Crippen LogP contribution in [0.5, 0.6) is 0 Å². The maximum absolute atomic E-state index is 10.4. The second kappa shape index (κ2) is 4.81. The van der Waals surface area contributed by atoms with Gasteiger partial charge >= 0.3 is 5.97 Å². The van der Waals surface area contributed by atoms with E-state index in [0.717, 1.165) is 25.9 Å². The molecule has 0 bridgehead atoms. The number of carbonyl (C=O) groups is 2. The Morgan fingerprint density at radius 1 is 1.31 bits per heavy atom. The summed E-state index contributed by atoms with van der Waals surface area (Å²) in [5.74, 6) is -0.806. The van der Waals surface area contributed by atoms with E-state index < -0.39 is 5.97 Å². The zero-order valence-electron chi connectivity index (χ0n) is 7.48. The lowest BCUT2D eigenvalue weighted by molar-refractivity contribution is -0.138. The standard InChI is InChI=1S/C8H14N2O3/c11-7-10-3-1-2-9(4-5-10)6-8(12)13/h7H,1-6H2,(H,12,13). The number of carbonyl (C=O) groups excluding carboxylic acids is 1. The first-order chi connectivity index (χ1) is 6.22. The summed E-state index contributed by atoms with van der Waals surface area (Å²) in [6.07, 6.45) is 1.68. The number of rotatable bonds is 3. The van der Waals surface area contributed by atoms with Crippen molar-refractivity contribution in [1.29, 1.82) is 0 Å². The molecule has 13 heavy (non-hydrogen) atoms. The predicted molar refractivity (Wildman–Crippen MR) is 46.3 cm³/mol. The molecule has 74 valence electrons. The Balaban J connectivity index is 2.35. The minimum atomic E-state index is -0.806. The van der Waals surface area contributed by atoms with Gasteiger partial charge in [-0.25, -0.2) is 0 Å². The molecular weight excluding hydrogens is 172 g/mol. The molecule has 1 N–H and O–H groups in total. The van der Waals surface area contributed by atoms with Crippen LogP contribution in [0, 0.1) is 0 Å². The Morgan fingerprint density at radius 2 is 2.08 bits per heavy atom. The van der Waals surface area contributed by atoms with Gasteiger partial charge in [0.05, 0.1) is 6.54 Å². The topological polar surface area (TPSA) is 60.9 Å². The summed E-state index contributed by atoms with van der Waals surface area (Å²) in [5.41, 5.74) is 0. The number of carboxylic acids is 1. The van der Waals surface area contributed by atoms with Gasteiger partial charge in [0.25, 0.3) is 0 Å². The number of carboxylic acid groups (broad SMARTS) is 1.